The molecule has 1 aliphatic rings. The molecule has 1 unspecified atom stereocenters. The molecule has 0 amide bonds. The fourth-order valence-electron chi connectivity index (χ4n) is 2.83. The van der Waals surface area contributed by atoms with E-state index in [4.69, 9.17) is 5.26 Å². The summed E-state index contributed by atoms with van der Waals surface area (Å²) in [5.41, 5.74) is -0.352. The zero-order chi connectivity index (χ0) is 13.9. The number of hydrogen-bond donors (Lipinski definition) is 1. The molecule has 5 nitrogen and oxygen atoms in total. The molecular weight excluding hydrogens is 242 g/mol. The van der Waals surface area contributed by atoms with Crippen LogP contribution >= 0.6 is 0 Å². The second kappa shape index (κ2) is 5.27. The van der Waals surface area contributed by atoms with Crippen molar-refractivity contribution in [1.29, 1.82) is 5.26 Å². The molecule has 2 heterocycles. The van der Waals surface area contributed by atoms with Crippen LogP contribution < -0.4 is 4.90 Å². The van der Waals surface area contributed by atoms with Crippen LogP contribution in [0.2, 0.25) is 0 Å². The van der Waals surface area contributed by atoms with Gasteiger partial charge in [0.2, 0.25) is 0 Å². The second-order valence-corrected chi connectivity index (χ2v) is 4.86. The molecule has 1 atom stereocenters. The van der Waals surface area contributed by atoms with Crippen LogP contribution in [0.1, 0.15) is 38.2 Å². The van der Waals surface area contributed by atoms with E-state index in [-0.39, 0.29) is 0 Å². The van der Waals surface area contributed by atoms with E-state index in [2.05, 4.69) is 4.98 Å². The highest BCUT2D eigenvalue weighted by atomic mass is 16.4. The molecule has 1 aromatic rings. The smallest absolute Gasteiger partial charge is 0.329 e. The largest absolute Gasteiger partial charge is 0.479 e. The summed E-state index contributed by atoms with van der Waals surface area (Å²) in [6.07, 6.45) is 4.43. The minimum absolute atomic E-state index is 0.486. The molecular formula is C14H17N3O2. The molecule has 1 N–H and O–H groups in total. The number of aliphatic carboxylic acids is 1. The maximum absolute atomic E-state index is 11.7. The van der Waals surface area contributed by atoms with Gasteiger partial charge in [-0.3, -0.25) is 0 Å². The van der Waals surface area contributed by atoms with Crippen LogP contribution in [-0.2, 0) is 4.79 Å². The van der Waals surface area contributed by atoms with E-state index >= 15 is 0 Å². The van der Waals surface area contributed by atoms with E-state index in [0.29, 0.717) is 30.8 Å². The van der Waals surface area contributed by atoms with Gasteiger partial charge in [-0.15, -0.1) is 0 Å². The maximum atomic E-state index is 11.7. The summed E-state index contributed by atoms with van der Waals surface area (Å²) in [6, 6.07) is 5.43. The van der Waals surface area contributed by atoms with Gasteiger partial charge in [0.05, 0.1) is 5.56 Å². The summed E-state index contributed by atoms with van der Waals surface area (Å²) >= 11 is 0. The van der Waals surface area contributed by atoms with Crippen molar-refractivity contribution < 1.29 is 9.90 Å². The van der Waals surface area contributed by atoms with Gasteiger partial charge >= 0.3 is 5.97 Å². The van der Waals surface area contributed by atoms with E-state index in [1.807, 2.05) is 17.9 Å². The number of nitriles is 1. The molecule has 1 aliphatic heterocycles. The maximum Gasteiger partial charge on any atom is 0.329 e. The summed E-state index contributed by atoms with van der Waals surface area (Å²) in [7, 11) is 0. The third-order valence-corrected chi connectivity index (χ3v) is 3.70. The average molecular weight is 259 g/mol. The van der Waals surface area contributed by atoms with Crippen LogP contribution in [0.4, 0.5) is 5.82 Å². The standard InChI is InChI=1S/C14H17N3O2/c1-2-6-14(13(18)19)7-3-8-17(14)12-5-4-11(9-15)10-16-12/h4-5,10H,2-3,6-8H2,1H3,(H,18,19). The summed E-state index contributed by atoms with van der Waals surface area (Å²) < 4.78 is 0. The zero-order valence-electron chi connectivity index (χ0n) is 11.0. The van der Waals surface area contributed by atoms with Gasteiger partial charge in [-0.2, -0.15) is 5.26 Å². The van der Waals surface area contributed by atoms with Gasteiger partial charge in [0.25, 0.3) is 0 Å². The van der Waals surface area contributed by atoms with Crippen molar-refractivity contribution in [1.82, 2.24) is 4.98 Å². The third kappa shape index (κ3) is 2.26. The highest BCUT2D eigenvalue weighted by Crippen LogP contribution is 2.37. The minimum Gasteiger partial charge on any atom is -0.479 e. The SMILES string of the molecule is CCCC1(C(=O)O)CCCN1c1ccc(C#N)cn1. The Bertz CT molecular complexity index is 506. The predicted octanol–water partition coefficient (Wildman–Crippen LogP) is 2.18. The summed E-state index contributed by atoms with van der Waals surface area (Å²) in [5, 5.41) is 18.4. The molecule has 1 fully saturated rings. The topological polar surface area (TPSA) is 77.2 Å². The lowest BCUT2D eigenvalue weighted by atomic mass is 9.90. The number of carboxylic acids is 1. The predicted molar refractivity (Wildman–Crippen MR) is 70.8 cm³/mol. The van der Waals surface area contributed by atoms with Crippen molar-refractivity contribution in [3.05, 3.63) is 23.9 Å². The van der Waals surface area contributed by atoms with Crippen molar-refractivity contribution in [3.63, 3.8) is 0 Å². The molecule has 0 saturated carbocycles. The lowest BCUT2D eigenvalue weighted by Crippen LogP contribution is -2.51. The lowest BCUT2D eigenvalue weighted by Gasteiger charge is -2.35. The fourth-order valence-corrected chi connectivity index (χ4v) is 2.83. The van der Waals surface area contributed by atoms with E-state index in [1.165, 1.54) is 6.20 Å². The number of nitrogens with zero attached hydrogens (tertiary/aromatic N) is 3. The van der Waals surface area contributed by atoms with Crippen LogP contribution in [0.3, 0.4) is 0 Å². The van der Waals surface area contributed by atoms with Crippen LogP contribution in [0.5, 0.6) is 0 Å². The molecule has 100 valence electrons. The number of aromatic nitrogens is 1. The molecule has 0 radical (unpaired) electrons. The number of carboxylic acid groups (broad SMARTS) is 1. The monoisotopic (exact) mass is 259 g/mol. The Kier molecular flexibility index (Phi) is 3.70. The van der Waals surface area contributed by atoms with Crippen molar-refractivity contribution in [2.45, 2.75) is 38.1 Å². The van der Waals surface area contributed by atoms with Gasteiger partial charge in [0, 0.05) is 12.7 Å². The fraction of sp³-hybridized carbons (Fsp3) is 0.500. The second-order valence-electron chi connectivity index (χ2n) is 4.86. The van der Waals surface area contributed by atoms with Crippen molar-refractivity contribution in [2.24, 2.45) is 0 Å². The molecule has 0 aromatic carbocycles. The zero-order valence-corrected chi connectivity index (χ0v) is 11.0. The Morgan fingerprint density at radius 2 is 2.42 bits per heavy atom. The number of rotatable bonds is 4. The van der Waals surface area contributed by atoms with Crippen molar-refractivity contribution in [2.75, 3.05) is 11.4 Å². The first kappa shape index (κ1) is 13.3. The summed E-state index contributed by atoms with van der Waals surface area (Å²) in [6.45, 7) is 2.69. The van der Waals surface area contributed by atoms with Gasteiger partial charge in [0.1, 0.15) is 17.4 Å². The first-order chi connectivity index (χ1) is 9.14. The number of anilines is 1. The van der Waals surface area contributed by atoms with Crippen LogP contribution in [0, 0.1) is 11.3 Å². The molecule has 0 aliphatic carbocycles. The summed E-state index contributed by atoms with van der Waals surface area (Å²) in [4.78, 5) is 17.8. The van der Waals surface area contributed by atoms with Crippen molar-refractivity contribution in [3.8, 4) is 6.07 Å². The van der Waals surface area contributed by atoms with Crippen molar-refractivity contribution >= 4 is 11.8 Å². The molecule has 2 rings (SSSR count). The van der Waals surface area contributed by atoms with Gasteiger partial charge in [-0.25, -0.2) is 9.78 Å². The van der Waals surface area contributed by atoms with Crippen LogP contribution in [0.15, 0.2) is 18.3 Å². The van der Waals surface area contributed by atoms with E-state index in [1.54, 1.807) is 12.1 Å². The van der Waals surface area contributed by atoms with Gasteiger partial charge < -0.3 is 10.0 Å². The number of hydrogen-bond acceptors (Lipinski definition) is 4. The first-order valence-corrected chi connectivity index (χ1v) is 6.51. The Labute approximate surface area is 112 Å². The highest BCUT2D eigenvalue weighted by Gasteiger charge is 2.47. The van der Waals surface area contributed by atoms with Crippen LogP contribution in [0.25, 0.3) is 0 Å². The Morgan fingerprint density at radius 1 is 1.63 bits per heavy atom. The normalized spacial score (nSPS) is 22.2. The van der Waals surface area contributed by atoms with Gasteiger partial charge in [-0.05, 0) is 31.4 Å². The molecule has 1 aromatic heterocycles. The Morgan fingerprint density at radius 3 is 2.95 bits per heavy atom. The van der Waals surface area contributed by atoms with Crippen LogP contribution in [-0.4, -0.2) is 28.1 Å². The number of carbonyl (C=O) groups is 1. The Balaban J connectivity index is 2.35. The molecule has 0 bridgehead atoms. The van der Waals surface area contributed by atoms with Gasteiger partial charge in [0.15, 0.2) is 0 Å². The number of pyridine rings is 1. The average Bonchev–Trinajstić information content (AvgIpc) is 2.84. The Hall–Kier alpha value is -2.09. The molecule has 1 saturated heterocycles. The summed E-state index contributed by atoms with van der Waals surface area (Å²) in [5.74, 6) is -0.134. The van der Waals surface area contributed by atoms with E-state index in [0.717, 1.165) is 12.8 Å². The molecule has 0 spiro atoms. The highest BCUT2D eigenvalue weighted by molar-refractivity contribution is 5.84. The lowest BCUT2D eigenvalue weighted by molar-refractivity contribution is -0.143. The molecule has 19 heavy (non-hydrogen) atoms. The molecule has 5 heteroatoms. The quantitative estimate of drug-likeness (QED) is 0.896. The van der Waals surface area contributed by atoms with E-state index in [9.17, 15) is 9.90 Å². The first-order valence-electron chi connectivity index (χ1n) is 6.51. The van der Waals surface area contributed by atoms with Gasteiger partial charge in [-0.1, -0.05) is 13.3 Å². The minimum atomic E-state index is -0.837. The van der Waals surface area contributed by atoms with E-state index < -0.39 is 11.5 Å². The third-order valence-electron chi connectivity index (χ3n) is 3.70.